The largest absolute Gasteiger partial charge is 0.508 e. The minimum atomic E-state index is 0.0827. The predicted octanol–water partition coefficient (Wildman–Crippen LogP) is 3.04. The molecule has 0 bridgehead atoms. The number of halogens is 1. The number of benzene rings is 2. The van der Waals surface area contributed by atoms with Crippen LogP contribution in [-0.2, 0) is 6.42 Å². The summed E-state index contributed by atoms with van der Waals surface area (Å²) in [7, 11) is 0. The number of phenolic OH excluding ortho intramolecular Hbond substituents is 2. The van der Waals surface area contributed by atoms with Gasteiger partial charge in [0, 0.05) is 5.92 Å². The quantitative estimate of drug-likeness (QED) is 0.805. The molecule has 3 nitrogen and oxygen atoms in total. The number of hydrogen-bond donors (Lipinski definition) is 3. The molecule has 0 aliphatic carbocycles. The molecule has 0 aliphatic heterocycles. The van der Waals surface area contributed by atoms with E-state index < -0.39 is 0 Å². The van der Waals surface area contributed by atoms with E-state index in [0.29, 0.717) is 11.6 Å². The van der Waals surface area contributed by atoms with Crippen molar-refractivity contribution in [2.45, 2.75) is 12.3 Å². The molecule has 0 saturated carbocycles. The molecule has 0 aliphatic rings. The zero-order chi connectivity index (χ0) is 13.8. The molecule has 1 unspecified atom stereocenters. The van der Waals surface area contributed by atoms with Crippen LogP contribution in [0.1, 0.15) is 17.0 Å². The summed E-state index contributed by atoms with van der Waals surface area (Å²) in [5.74, 6) is 0.479. The summed E-state index contributed by atoms with van der Waals surface area (Å²) in [5.41, 5.74) is 7.91. The molecule has 0 heterocycles. The SMILES string of the molecule is NCC(Cc1ccc(O)c(Cl)c1)c1ccc(O)cc1. The van der Waals surface area contributed by atoms with Gasteiger partial charge in [0.2, 0.25) is 0 Å². The number of rotatable bonds is 4. The van der Waals surface area contributed by atoms with Crippen LogP contribution in [0.4, 0.5) is 0 Å². The van der Waals surface area contributed by atoms with E-state index in [9.17, 15) is 10.2 Å². The van der Waals surface area contributed by atoms with Crippen molar-refractivity contribution in [3.8, 4) is 11.5 Å². The Labute approximate surface area is 117 Å². The molecule has 100 valence electrons. The van der Waals surface area contributed by atoms with E-state index in [1.54, 1.807) is 24.3 Å². The second-order valence-electron chi connectivity index (χ2n) is 4.51. The number of nitrogens with two attached hydrogens (primary N) is 1. The van der Waals surface area contributed by atoms with Crippen LogP contribution in [-0.4, -0.2) is 16.8 Å². The van der Waals surface area contributed by atoms with Gasteiger partial charge in [0.25, 0.3) is 0 Å². The molecule has 0 amide bonds. The van der Waals surface area contributed by atoms with Crippen LogP contribution in [0.15, 0.2) is 42.5 Å². The first-order valence-electron chi connectivity index (χ1n) is 6.06. The Balaban J connectivity index is 2.18. The van der Waals surface area contributed by atoms with E-state index >= 15 is 0 Å². The molecule has 0 radical (unpaired) electrons. The Kier molecular flexibility index (Phi) is 4.30. The standard InChI is InChI=1S/C15H16ClNO2/c16-14-8-10(1-6-15(14)19)7-12(9-17)11-2-4-13(18)5-3-11/h1-6,8,12,18-19H,7,9,17H2. The Morgan fingerprint density at radius 2 is 1.74 bits per heavy atom. The zero-order valence-corrected chi connectivity index (χ0v) is 11.1. The van der Waals surface area contributed by atoms with Crippen molar-refractivity contribution in [1.29, 1.82) is 0 Å². The van der Waals surface area contributed by atoms with Crippen molar-refractivity contribution < 1.29 is 10.2 Å². The molecule has 0 aromatic heterocycles. The van der Waals surface area contributed by atoms with Crippen molar-refractivity contribution in [2.75, 3.05) is 6.54 Å². The number of phenols is 2. The smallest absolute Gasteiger partial charge is 0.134 e. The predicted molar refractivity (Wildman–Crippen MR) is 76.7 cm³/mol. The Morgan fingerprint density at radius 1 is 1.05 bits per heavy atom. The van der Waals surface area contributed by atoms with Crippen molar-refractivity contribution in [3.63, 3.8) is 0 Å². The molecule has 19 heavy (non-hydrogen) atoms. The van der Waals surface area contributed by atoms with Crippen molar-refractivity contribution in [2.24, 2.45) is 5.73 Å². The summed E-state index contributed by atoms with van der Waals surface area (Å²) in [6.07, 6.45) is 0.737. The van der Waals surface area contributed by atoms with Crippen LogP contribution < -0.4 is 5.73 Å². The molecular formula is C15H16ClNO2. The molecule has 1 atom stereocenters. The molecule has 0 fully saturated rings. The van der Waals surface area contributed by atoms with Crippen LogP contribution >= 0.6 is 11.6 Å². The highest BCUT2D eigenvalue weighted by Crippen LogP contribution is 2.27. The number of aromatic hydroxyl groups is 2. The Bertz CT molecular complexity index is 555. The lowest BCUT2D eigenvalue weighted by Gasteiger charge is -2.15. The van der Waals surface area contributed by atoms with Gasteiger partial charge in [-0.05, 0) is 48.4 Å². The highest BCUT2D eigenvalue weighted by atomic mass is 35.5. The first kappa shape index (κ1) is 13.7. The van der Waals surface area contributed by atoms with Crippen LogP contribution in [0.3, 0.4) is 0 Å². The molecule has 2 aromatic carbocycles. The maximum atomic E-state index is 9.40. The van der Waals surface area contributed by atoms with Gasteiger partial charge in [-0.1, -0.05) is 29.8 Å². The van der Waals surface area contributed by atoms with Crippen LogP contribution in [0.25, 0.3) is 0 Å². The van der Waals surface area contributed by atoms with E-state index in [4.69, 9.17) is 17.3 Å². The second-order valence-corrected chi connectivity index (χ2v) is 4.92. The second kappa shape index (κ2) is 5.95. The third-order valence-corrected chi connectivity index (χ3v) is 3.45. The fraction of sp³-hybridized carbons (Fsp3) is 0.200. The third kappa shape index (κ3) is 3.40. The van der Waals surface area contributed by atoms with Gasteiger partial charge in [0.05, 0.1) is 5.02 Å². The van der Waals surface area contributed by atoms with Gasteiger partial charge >= 0.3 is 0 Å². The third-order valence-electron chi connectivity index (χ3n) is 3.14. The zero-order valence-electron chi connectivity index (χ0n) is 10.4. The van der Waals surface area contributed by atoms with Crippen LogP contribution in [0.5, 0.6) is 11.5 Å². The van der Waals surface area contributed by atoms with Gasteiger partial charge in [-0.3, -0.25) is 0 Å². The molecule has 2 rings (SSSR count). The highest BCUT2D eigenvalue weighted by molar-refractivity contribution is 6.32. The number of hydrogen-bond acceptors (Lipinski definition) is 3. The fourth-order valence-corrected chi connectivity index (χ4v) is 2.25. The summed E-state index contributed by atoms with van der Waals surface area (Å²) in [4.78, 5) is 0. The molecule has 4 N–H and O–H groups in total. The molecule has 2 aromatic rings. The van der Waals surface area contributed by atoms with Crippen molar-refractivity contribution >= 4 is 11.6 Å². The maximum Gasteiger partial charge on any atom is 0.134 e. The van der Waals surface area contributed by atoms with E-state index in [1.165, 1.54) is 0 Å². The van der Waals surface area contributed by atoms with E-state index in [1.807, 2.05) is 18.2 Å². The molecule has 4 heteroatoms. The minimum absolute atomic E-state index is 0.0827. The van der Waals surface area contributed by atoms with Crippen molar-refractivity contribution in [3.05, 3.63) is 58.6 Å². The normalized spacial score (nSPS) is 12.3. The lowest BCUT2D eigenvalue weighted by atomic mass is 9.92. The highest BCUT2D eigenvalue weighted by Gasteiger charge is 2.11. The van der Waals surface area contributed by atoms with Gasteiger partial charge in [0.15, 0.2) is 0 Å². The van der Waals surface area contributed by atoms with E-state index in [2.05, 4.69) is 0 Å². The first-order chi connectivity index (χ1) is 9.10. The fourth-order valence-electron chi connectivity index (χ4n) is 2.05. The van der Waals surface area contributed by atoms with Crippen molar-refractivity contribution in [1.82, 2.24) is 0 Å². The van der Waals surface area contributed by atoms with Gasteiger partial charge in [-0.2, -0.15) is 0 Å². The average molecular weight is 278 g/mol. The van der Waals surface area contributed by atoms with Gasteiger partial charge < -0.3 is 15.9 Å². The van der Waals surface area contributed by atoms with Crippen LogP contribution in [0, 0.1) is 0 Å². The lowest BCUT2D eigenvalue weighted by Crippen LogP contribution is -2.15. The summed E-state index contributed by atoms with van der Waals surface area (Å²) >= 11 is 5.89. The molecule has 0 saturated heterocycles. The summed E-state index contributed by atoms with van der Waals surface area (Å²) in [6.45, 7) is 0.503. The molecule has 0 spiro atoms. The van der Waals surface area contributed by atoms with E-state index in [0.717, 1.165) is 17.5 Å². The van der Waals surface area contributed by atoms with Crippen LogP contribution in [0.2, 0.25) is 5.02 Å². The van der Waals surface area contributed by atoms with E-state index in [-0.39, 0.29) is 17.4 Å². The topological polar surface area (TPSA) is 66.5 Å². The van der Waals surface area contributed by atoms with Gasteiger partial charge in [-0.25, -0.2) is 0 Å². The molecular weight excluding hydrogens is 262 g/mol. The average Bonchev–Trinajstić information content (AvgIpc) is 2.41. The van der Waals surface area contributed by atoms with Gasteiger partial charge in [-0.15, -0.1) is 0 Å². The lowest BCUT2D eigenvalue weighted by molar-refractivity contribution is 0.474. The van der Waals surface area contributed by atoms with Gasteiger partial charge in [0.1, 0.15) is 11.5 Å². The maximum absolute atomic E-state index is 9.40. The summed E-state index contributed by atoms with van der Waals surface area (Å²) in [5, 5.41) is 19.0. The monoisotopic (exact) mass is 277 g/mol. The Hall–Kier alpha value is -1.71. The first-order valence-corrected chi connectivity index (χ1v) is 6.44. The summed E-state index contributed by atoms with van der Waals surface area (Å²) < 4.78 is 0. The Morgan fingerprint density at radius 3 is 2.32 bits per heavy atom. The summed E-state index contributed by atoms with van der Waals surface area (Å²) in [6, 6.07) is 12.2. The minimum Gasteiger partial charge on any atom is -0.508 e.